The van der Waals surface area contributed by atoms with Crippen molar-refractivity contribution < 1.29 is 31.1 Å². The fourth-order valence-electron chi connectivity index (χ4n) is 2.31. The number of benzene rings is 1. The number of Topliss-reactive ketones (excluding diaryl/α,β-unsaturated/α-hetero) is 1. The van der Waals surface area contributed by atoms with Crippen molar-refractivity contribution in [2.24, 2.45) is 5.92 Å². The molecular formula is C14H12F6O. The molecule has 0 spiro atoms. The lowest BCUT2D eigenvalue weighted by atomic mass is 9.79. The van der Waals surface area contributed by atoms with Crippen molar-refractivity contribution in [2.75, 3.05) is 0 Å². The predicted octanol–water partition coefficient (Wildman–Crippen LogP) is 4.88. The maximum absolute atomic E-state index is 12.5. The third-order valence-corrected chi connectivity index (χ3v) is 3.69. The zero-order valence-corrected chi connectivity index (χ0v) is 10.8. The van der Waals surface area contributed by atoms with Gasteiger partial charge in [-0.3, -0.25) is 4.79 Å². The topological polar surface area (TPSA) is 17.1 Å². The van der Waals surface area contributed by atoms with Gasteiger partial charge < -0.3 is 0 Å². The van der Waals surface area contributed by atoms with E-state index < -0.39 is 29.6 Å². The third kappa shape index (κ3) is 3.39. The van der Waals surface area contributed by atoms with E-state index >= 15 is 0 Å². The van der Waals surface area contributed by atoms with Crippen LogP contribution in [0.5, 0.6) is 0 Å². The monoisotopic (exact) mass is 310 g/mol. The fraction of sp³-hybridized carbons (Fsp3) is 0.500. The maximum atomic E-state index is 12.5. The van der Waals surface area contributed by atoms with Gasteiger partial charge in [0.05, 0.1) is 0 Å². The van der Waals surface area contributed by atoms with Gasteiger partial charge >= 0.3 is 12.4 Å². The number of hydrogen-bond acceptors (Lipinski definition) is 1. The number of rotatable bonds is 3. The zero-order valence-electron chi connectivity index (χ0n) is 10.8. The number of ketones is 1. The number of halogens is 6. The van der Waals surface area contributed by atoms with Gasteiger partial charge in [0.15, 0.2) is 5.78 Å². The summed E-state index contributed by atoms with van der Waals surface area (Å²) in [4.78, 5) is 11.6. The molecule has 0 N–H and O–H groups in total. The van der Waals surface area contributed by atoms with Crippen molar-refractivity contribution in [3.05, 3.63) is 35.4 Å². The van der Waals surface area contributed by atoms with Crippen LogP contribution >= 0.6 is 0 Å². The lowest BCUT2D eigenvalue weighted by molar-refractivity contribution is -0.264. The molecule has 0 amide bonds. The molecule has 1 aliphatic carbocycles. The minimum Gasteiger partial charge on any atom is -0.293 e. The van der Waals surface area contributed by atoms with Crippen molar-refractivity contribution in [2.45, 2.75) is 37.5 Å². The average Bonchev–Trinajstić information content (AvgIpc) is 2.23. The molecule has 116 valence electrons. The van der Waals surface area contributed by atoms with E-state index in [2.05, 4.69) is 0 Å². The van der Waals surface area contributed by atoms with Crippen LogP contribution in [0.2, 0.25) is 0 Å². The van der Waals surface area contributed by atoms with Crippen LogP contribution in [0.4, 0.5) is 26.3 Å². The Morgan fingerprint density at radius 2 is 1.43 bits per heavy atom. The quantitative estimate of drug-likeness (QED) is 0.574. The van der Waals surface area contributed by atoms with Crippen LogP contribution in [0.15, 0.2) is 24.3 Å². The minimum absolute atomic E-state index is 0.287. The van der Waals surface area contributed by atoms with Crippen LogP contribution in [-0.4, -0.2) is 18.1 Å². The van der Waals surface area contributed by atoms with Gasteiger partial charge in [0.1, 0.15) is 0 Å². The van der Waals surface area contributed by atoms with E-state index in [1.165, 1.54) is 12.1 Å². The molecule has 1 aromatic rings. The average molecular weight is 310 g/mol. The molecule has 0 atom stereocenters. The molecule has 1 aromatic carbocycles. The molecule has 0 aliphatic heterocycles. The fourth-order valence-corrected chi connectivity index (χ4v) is 2.31. The molecule has 0 heterocycles. The van der Waals surface area contributed by atoms with Gasteiger partial charge in [-0.2, -0.15) is 26.3 Å². The van der Waals surface area contributed by atoms with E-state index in [1.807, 2.05) is 0 Å². The standard InChI is InChI=1S/C14H12F6O/c15-13(16,17)12(14(18,19)20)11(21)10-6-4-9(5-7-10)8-2-1-3-8/h4-8,12H,1-3H2. The second-order valence-corrected chi connectivity index (χ2v) is 5.13. The smallest absolute Gasteiger partial charge is 0.293 e. The summed E-state index contributed by atoms with van der Waals surface area (Å²) in [6.07, 6.45) is -8.36. The number of hydrogen-bond donors (Lipinski definition) is 0. The summed E-state index contributed by atoms with van der Waals surface area (Å²) < 4.78 is 74.9. The molecule has 0 bridgehead atoms. The van der Waals surface area contributed by atoms with E-state index in [-0.39, 0.29) is 5.92 Å². The largest absolute Gasteiger partial charge is 0.407 e. The van der Waals surface area contributed by atoms with Crippen LogP contribution in [-0.2, 0) is 0 Å². The molecule has 21 heavy (non-hydrogen) atoms. The van der Waals surface area contributed by atoms with Crippen LogP contribution in [0, 0.1) is 5.92 Å². The van der Waals surface area contributed by atoms with Crippen molar-refractivity contribution in [3.8, 4) is 0 Å². The molecule has 7 heteroatoms. The zero-order chi connectivity index (χ0) is 15.8. The van der Waals surface area contributed by atoms with Crippen LogP contribution in [0.3, 0.4) is 0 Å². The van der Waals surface area contributed by atoms with Gasteiger partial charge in [0, 0.05) is 5.56 Å². The number of alkyl halides is 6. The molecule has 1 saturated carbocycles. The molecule has 1 fully saturated rings. The Morgan fingerprint density at radius 3 is 1.76 bits per heavy atom. The minimum atomic E-state index is -5.65. The summed E-state index contributed by atoms with van der Waals surface area (Å²) >= 11 is 0. The first-order valence-corrected chi connectivity index (χ1v) is 6.38. The van der Waals surface area contributed by atoms with Crippen LogP contribution in [0.1, 0.15) is 41.1 Å². The molecule has 0 aromatic heterocycles. The van der Waals surface area contributed by atoms with Crippen LogP contribution < -0.4 is 0 Å². The number of carbonyl (C=O) groups is 1. The van der Waals surface area contributed by atoms with Gasteiger partial charge in [-0.15, -0.1) is 0 Å². The normalized spacial score (nSPS) is 16.9. The Kier molecular flexibility index (Phi) is 4.04. The van der Waals surface area contributed by atoms with E-state index in [1.54, 1.807) is 0 Å². The van der Waals surface area contributed by atoms with Gasteiger partial charge in [-0.1, -0.05) is 30.7 Å². The molecule has 0 saturated heterocycles. The van der Waals surface area contributed by atoms with E-state index in [9.17, 15) is 31.1 Å². The van der Waals surface area contributed by atoms with E-state index in [4.69, 9.17) is 0 Å². The van der Waals surface area contributed by atoms with E-state index in [0.717, 1.165) is 37.0 Å². The molecule has 2 rings (SSSR count). The molecule has 0 radical (unpaired) electrons. The Hall–Kier alpha value is -1.53. The van der Waals surface area contributed by atoms with Crippen molar-refractivity contribution in [1.29, 1.82) is 0 Å². The number of carbonyl (C=O) groups excluding carboxylic acids is 1. The van der Waals surface area contributed by atoms with Gasteiger partial charge in [-0.05, 0) is 24.3 Å². The first-order valence-electron chi connectivity index (χ1n) is 6.38. The predicted molar refractivity (Wildman–Crippen MR) is 63.0 cm³/mol. The lowest BCUT2D eigenvalue weighted by Gasteiger charge is -2.26. The van der Waals surface area contributed by atoms with Gasteiger partial charge in [0.2, 0.25) is 5.92 Å². The molecular weight excluding hydrogens is 298 g/mol. The van der Waals surface area contributed by atoms with Gasteiger partial charge in [-0.25, -0.2) is 0 Å². The second kappa shape index (κ2) is 5.35. The van der Waals surface area contributed by atoms with Gasteiger partial charge in [0.25, 0.3) is 0 Å². The van der Waals surface area contributed by atoms with Crippen LogP contribution in [0.25, 0.3) is 0 Å². The van der Waals surface area contributed by atoms with E-state index in [0.29, 0.717) is 0 Å². The van der Waals surface area contributed by atoms with Crippen molar-refractivity contribution in [1.82, 2.24) is 0 Å². The molecule has 1 nitrogen and oxygen atoms in total. The summed E-state index contributed by atoms with van der Waals surface area (Å²) in [6, 6.07) is 4.95. The van der Waals surface area contributed by atoms with Crippen molar-refractivity contribution in [3.63, 3.8) is 0 Å². The maximum Gasteiger partial charge on any atom is 0.407 e. The Morgan fingerprint density at radius 1 is 0.952 bits per heavy atom. The Balaban J connectivity index is 2.24. The third-order valence-electron chi connectivity index (χ3n) is 3.69. The summed E-state index contributed by atoms with van der Waals surface area (Å²) in [7, 11) is 0. The SMILES string of the molecule is O=C(c1ccc(C2CCC2)cc1)C(C(F)(F)F)C(F)(F)F. The second-order valence-electron chi connectivity index (χ2n) is 5.13. The first kappa shape index (κ1) is 15.9. The first-order chi connectivity index (χ1) is 9.60. The Labute approximate surface area is 116 Å². The summed E-state index contributed by atoms with van der Waals surface area (Å²) in [5.41, 5.74) is 0.270. The summed E-state index contributed by atoms with van der Waals surface area (Å²) in [5, 5.41) is 0. The summed E-state index contributed by atoms with van der Waals surface area (Å²) in [6.45, 7) is 0. The molecule has 0 unspecified atom stereocenters. The summed E-state index contributed by atoms with van der Waals surface area (Å²) in [5.74, 6) is -5.65. The van der Waals surface area contributed by atoms with Crippen molar-refractivity contribution >= 4 is 5.78 Å². The molecule has 1 aliphatic rings. The highest BCUT2D eigenvalue weighted by Gasteiger charge is 2.60. The highest BCUT2D eigenvalue weighted by molar-refractivity contribution is 5.98. The highest BCUT2D eigenvalue weighted by atomic mass is 19.4. The Bertz CT molecular complexity index is 496. The lowest BCUT2D eigenvalue weighted by Crippen LogP contribution is -2.42. The highest BCUT2D eigenvalue weighted by Crippen LogP contribution is 2.41.